The summed E-state index contributed by atoms with van der Waals surface area (Å²) in [6.45, 7) is 3.85. The Morgan fingerprint density at radius 1 is 1.62 bits per heavy atom. The first-order chi connectivity index (χ1) is 9.99. The minimum Gasteiger partial charge on any atom is -0.397 e. The van der Waals surface area contributed by atoms with Gasteiger partial charge < -0.3 is 16.2 Å². The van der Waals surface area contributed by atoms with Crippen LogP contribution in [0.15, 0.2) is 12.3 Å². The van der Waals surface area contributed by atoms with Crippen molar-refractivity contribution in [1.82, 2.24) is 10.3 Å². The van der Waals surface area contributed by atoms with E-state index in [9.17, 15) is 9.90 Å². The first-order valence-electron chi connectivity index (χ1n) is 6.57. The van der Waals surface area contributed by atoms with Gasteiger partial charge in [0.2, 0.25) is 0 Å². The molecule has 0 saturated heterocycles. The third-order valence-corrected chi connectivity index (χ3v) is 5.72. The fraction of sp³-hybridized carbons (Fsp3) is 0.429. The second kappa shape index (κ2) is 6.64. The maximum atomic E-state index is 12.4. The van der Waals surface area contributed by atoms with Crippen molar-refractivity contribution in [2.45, 2.75) is 25.1 Å². The van der Waals surface area contributed by atoms with Crippen LogP contribution in [0.1, 0.15) is 22.2 Å². The van der Waals surface area contributed by atoms with Gasteiger partial charge in [-0.1, -0.05) is 0 Å². The number of carbonyl (C=O) groups excluding carboxylic acids is 1. The summed E-state index contributed by atoms with van der Waals surface area (Å²) in [5.41, 5.74) is 7.61. The van der Waals surface area contributed by atoms with E-state index in [-0.39, 0.29) is 23.8 Å². The lowest BCUT2D eigenvalue weighted by Crippen LogP contribution is -2.41. The maximum absolute atomic E-state index is 12.4. The number of aromatic nitrogens is 1. The highest BCUT2D eigenvalue weighted by atomic mass is 32.2. The third-order valence-electron chi connectivity index (χ3n) is 3.44. The van der Waals surface area contributed by atoms with E-state index in [1.165, 1.54) is 23.1 Å². The summed E-state index contributed by atoms with van der Waals surface area (Å²) in [6, 6.07) is 1.74. The molecular formula is C14H19N3O2S2. The SMILES string of the molecule is CSC(CO)C(C)NC(=O)c1sc2nccc(C)c2c1N. The second-order valence-electron chi connectivity index (χ2n) is 4.87. The molecule has 0 aromatic carbocycles. The van der Waals surface area contributed by atoms with Gasteiger partial charge in [-0.25, -0.2) is 4.98 Å². The topological polar surface area (TPSA) is 88.2 Å². The quantitative estimate of drug-likeness (QED) is 0.783. The summed E-state index contributed by atoms with van der Waals surface area (Å²) in [6.07, 6.45) is 3.62. The predicted octanol–water partition coefficient (Wildman–Crippen LogP) is 2.03. The van der Waals surface area contributed by atoms with Crippen molar-refractivity contribution in [2.24, 2.45) is 0 Å². The molecule has 0 aliphatic heterocycles. The molecule has 1 amide bonds. The van der Waals surface area contributed by atoms with E-state index in [1.54, 1.807) is 6.20 Å². The molecule has 7 heteroatoms. The van der Waals surface area contributed by atoms with Gasteiger partial charge in [0.1, 0.15) is 9.71 Å². The monoisotopic (exact) mass is 325 g/mol. The molecule has 2 unspecified atom stereocenters. The number of thioether (sulfide) groups is 1. The molecule has 0 spiro atoms. The Balaban J connectivity index is 2.28. The Morgan fingerprint density at radius 2 is 2.33 bits per heavy atom. The number of anilines is 1. The van der Waals surface area contributed by atoms with E-state index in [4.69, 9.17) is 5.73 Å². The van der Waals surface area contributed by atoms with E-state index in [0.717, 1.165) is 15.8 Å². The lowest BCUT2D eigenvalue weighted by Gasteiger charge is -2.21. The van der Waals surface area contributed by atoms with Gasteiger partial charge in [-0.05, 0) is 31.7 Å². The largest absolute Gasteiger partial charge is 0.397 e. The first kappa shape index (κ1) is 16.1. The fourth-order valence-electron chi connectivity index (χ4n) is 2.17. The fourth-order valence-corrected chi connectivity index (χ4v) is 3.84. The Bertz CT molecular complexity index is 653. The molecule has 2 aromatic heterocycles. The number of nitrogens with zero attached hydrogens (tertiary/aromatic N) is 1. The summed E-state index contributed by atoms with van der Waals surface area (Å²) in [4.78, 5) is 17.9. The number of nitrogen functional groups attached to an aromatic ring is 1. The minimum atomic E-state index is -0.213. The molecule has 0 aliphatic carbocycles. The normalized spacial score (nSPS) is 14.1. The zero-order valence-electron chi connectivity index (χ0n) is 12.2. The van der Waals surface area contributed by atoms with Gasteiger partial charge in [0.05, 0.1) is 12.3 Å². The number of amides is 1. The van der Waals surface area contributed by atoms with Crippen LogP contribution < -0.4 is 11.1 Å². The van der Waals surface area contributed by atoms with Crippen LogP contribution in [0.2, 0.25) is 0 Å². The number of aliphatic hydroxyl groups excluding tert-OH is 1. The molecule has 2 heterocycles. The summed E-state index contributed by atoms with van der Waals surface area (Å²) >= 11 is 2.82. The number of pyridine rings is 1. The molecule has 0 radical (unpaired) electrons. The van der Waals surface area contributed by atoms with Crippen LogP contribution in [0.25, 0.3) is 10.2 Å². The first-order valence-corrected chi connectivity index (χ1v) is 8.68. The number of nitrogens with two attached hydrogens (primary N) is 1. The number of fused-ring (bicyclic) bond motifs is 1. The third kappa shape index (κ3) is 3.14. The van der Waals surface area contributed by atoms with Crippen LogP contribution in [-0.2, 0) is 0 Å². The van der Waals surface area contributed by atoms with E-state index < -0.39 is 0 Å². The van der Waals surface area contributed by atoms with Gasteiger partial charge >= 0.3 is 0 Å². The van der Waals surface area contributed by atoms with E-state index in [0.29, 0.717) is 10.6 Å². The number of rotatable bonds is 5. The van der Waals surface area contributed by atoms with Crippen molar-refractivity contribution in [2.75, 3.05) is 18.6 Å². The van der Waals surface area contributed by atoms with Crippen molar-refractivity contribution in [1.29, 1.82) is 0 Å². The van der Waals surface area contributed by atoms with E-state index >= 15 is 0 Å². The lowest BCUT2D eigenvalue weighted by atomic mass is 10.1. The summed E-state index contributed by atoms with van der Waals surface area (Å²) < 4.78 is 0. The van der Waals surface area contributed by atoms with E-state index in [1.807, 2.05) is 26.2 Å². The molecule has 5 nitrogen and oxygen atoms in total. The van der Waals surface area contributed by atoms with Gasteiger partial charge in [0, 0.05) is 22.9 Å². The number of thiophene rings is 1. The van der Waals surface area contributed by atoms with Gasteiger partial charge in [0.15, 0.2) is 0 Å². The number of hydrogen-bond acceptors (Lipinski definition) is 6. The predicted molar refractivity (Wildman–Crippen MR) is 90.1 cm³/mol. The average molecular weight is 325 g/mol. The molecular weight excluding hydrogens is 306 g/mol. The smallest absolute Gasteiger partial charge is 0.263 e. The molecule has 0 bridgehead atoms. The number of carbonyl (C=O) groups is 1. The summed E-state index contributed by atoms with van der Waals surface area (Å²) in [5, 5.41) is 13.0. The van der Waals surface area contributed by atoms with Crippen LogP contribution in [0, 0.1) is 6.92 Å². The zero-order chi connectivity index (χ0) is 15.6. The zero-order valence-corrected chi connectivity index (χ0v) is 13.8. The van der Waals surface area contributed by atoms with Crippen LogP contribution >= 0.6 is 23.1 Å². The number of aryl methyl sites for hydroxylation is 1. The minimum absolute atomic E-state index is 0.0190. The van der Waals surface area contributed by atoms with E-state index in [2.05, 4.69) is 10.3 Å². The van der Waals surface area contributed by atoms with Gasteiger partial charge in [-0.3, -0.25) is 4.79 Å². The number of hydrogen-bond donors (Lipinski definition) is 3. The number of nitrogens with one attached hydrogen (secondary N) is 1. The highest BCUT2D eigenvalue weighted by Crippen LogP contribution is 2.34. The highest BCUT2D eigenvalue weighted by Gasteiger charge is 2.22. The number of aliphatic hydroxyl groups is 1. The van der Waals surface area contributed by atoms with Crippen molar-refractivity contribution < 1.29 is 9.90 Å². The molecule has 2 aromatic rings. The second-order valence-corrected chi connectivity index (χ2v) is 6.95. The van der Waals surface area contributed by atoms with Gasteiger partial charge in [0.25, 0.3) is 5.91 Å². The van der Waals surface area contributed by atoms with Crippen molar-refractivity contribution in [3.05, 3.63) is 22.7 Å². The summed E-state index contributed by atoms with van der Waals surface area (Å²) in [7, 11) is 0. The average Bonchev–Trinajstić information content (AvgIpc) is 2.79. The summed E-state index contributed by atoms with van der Waals surface area (Å²) in [5.74, 6) is -0.213. The Labute approximate surface area is 131 Å². The van der Waals surface area contributed by atoms with Crippen molar-refractivity contribution in [3.8, 4) is 0 Å². The lowest BCUT2D eigenvalue weighted by molar-refractivity contribution is 0.0941. The van der Waals surface area contributed by atoms with Crippen LogP contribution in [-0.4, -0.2) is 40.2 Å². The molecule has 0 aliphatic rings. The molecule has 4 N–H and O–H groups in total. The Hall–Kier alpha value is -1.31. The van der Waals surface area contributed by atoms with Crippen LogP contribution in [0.5, 0.6) is 0 Å². The maximum Gasteiger partial charge on any atom is 0.263 e. The van der Waals surface area contributed by atoms with Gasteiger partial charge in [-0.15, -0.1) is 11.3 Å². The Morgan fingerprint density at radius 3 is 2.90 bits per heavy atom. The van der Waals surface area contributed by atoms with Crippen LogP contribution in [0.4, 0.5) is 5.69 Å². The molecule has 2 rings (SSSR count). The molecule has 0 fully saturated rings. The highest BCUT2D eigenvalue weighted by molar-refractivity contribution is 7.99. The molecule has 0 saturated carbocycles. The van der Waals surface area contributed by atoms with Gasteiger partial charge in [-0.2, -0.15) is 11.8 Å². The van der Waals surface area contributed by atoms with Crippen molar-refractivity contribution >= 4 is 44.9 Å². The Kier molecular flexibility index (Phi) is 5.08. The molecule has 21 heavy (non-hydrogen) atoms. The standard InChI is InChI=1S/C14H19N3O2S2/c1-7-4-5-16-14-10(7)11(15)12(21-14)13(19)17-8(2)9(6-18)20-3/h4-5,8-9,18H,6,15H2,1-3H3,(H,17,19). The van der Waals surface area contributed by atoms with Crippen molar-refractivity contribution in [3.63, 3.8) is 0 Å². The molecule has 2 atom stereocenters. The molecule has 114 valence electrons. The van der Waals surface area contributed by atoms with Crippen LogP contribution in [0.3, 0.4) is 0 Å².